The maximum atomic E-state index is 12.9. The fraction of sp³-hybridized carbons (Fsp3) is 0.714. The highest BCUT2D eigenvalue weighted by molar-refractivity contribution is 5.96. The number of carbonyl (C=O) groups is 6. The molecule has 15 heteroatoms. The molecule has 0 saturated heterocycles. The van der Waals surface area contributed by atoms with E-state index in [1.807, 2.05) is 0 Å². The van der Waals surface area contributed by atoms with Gasteiger partial charge in [0.15, 0.2) is 0 Å². The van der Waals surface area contributed by atoms with E-state index in [2.05, 4.69) is 21.3 Å². The molecule has 0 rings (SSSR count). The maximum absolute atomic E-state index is 12.9. The first-order valence-electron chi connectivity index (χ1n) is 11.5. The van der Waals surface area contributed by atoms with Crippen LogP contribution in [-0.2, 0) is 28.8 Å². The van der Waals surface area contributed by atoms with Crippen molar-refractivity contribution in [2.75, 3.05) is 13.1 Å². The number of unbranched alkanes of at least 4 members (excludes halogenated alkanes) is 1. The second kappa shape index (κ2) is 16.4. The minimum absolute atomic E-state index is 0.0862. The Morgan fingerprint density at radius 1 is 0.750 bits per heavy atom. The molecule has 0 radical (unpaired) electrons. The summed E-state index contributed by atoms with van der Waals surface area (Å²) in [6, 6.07) is -5.64. The van der Waals surface area contributed by atoms with Crippen LogP contribution in [0.5, 0.6) is 0 Å². The Labute approximate surface area is 208 Å². The number of aliphatic hydroxyl groups is 1. The van der Waals surface area contributed by atoms with Crippen molar-refractivity contribution in [3.05, 3.63) is 0 Å². The quantitative estimate of drug-likeness (QED) is 0.0857. The number of hydrogen-bond donors (Lipinski definition) is 9. The van der Waals surface area contributed by atoms with Gasteiger partial charge in [-0.25, -0.2) is 4.79 Å². The van der Waals surface area contributed by atoms with Crippen molar-refractivity contribution < 1.29 is 44.1 Å². The number of rotatable bonds is 17. The molecule has 4 amide bonds. The van der Waals surface area contributed by atoms with Gasteiger partial charge in [-0.05, 0) is 38.6 Å². The third-order valence-corrected chi connectivity index (χ3v) is 5.09. The van der Waals surface area contributed by atoms with Crippen LogP contribution in [0.4, 0.5) is 0 Å². The first-order valence-corrected chi connectivity index (χ1v) is 11.5. The lowest BCUT2D eigenvalue weighted by Crippen LogP contribution is -2.61. The average molecular weight is 519 g/mol. The van der Waals surface area contributed by atoms with Gasteiger partial charge in [0.1, 0.15) is 24.2 Å². The normalized spacial score (nSPS) is 15.1. The highest BCUT2D eigenvalue weighted by atomic mass is 16.4. The number of carboxylic acid groups (broad SMARTS) is 2. The molecular formula is C21H38N6O9. The summed E-state index contributed by atoms with van der Waals surface area (Å²) in [5.74, 6) is -6.86. The Hall–Kier alpha value is -3.30. The van der Waals surface area contributed by atoms with Gasteiger partial charge in [-0.3, -0.25) is 24.0 Å². The Morgan fingerprint density at radius 3 is 1.75 bits per heavy atom. The van der Waals surface area contributed by atoms with Gasteiger partial charge in [-0.2, -0.15) is 0 Å². The van der Waals surface area contributed by atoms with Gasteiger partial charge < -0.3 is 48.1 Å². The predicted octanol–water partition coefficient (Wildman–Crippen LogP) is -3.39. The van der Waals surface area contributed by atoms with Crippen LogP contribution in [0, 0.1) is 5.92 Å². The van der Waals surface area contributed by atoms with Gasteiger partial charge in [0, 0.05) is 0 Å². The molecule has 36 heavy (non-hydrogen) atoms. The zero-order valence-corrected chi connectivity index (χ0v) is 20.7. The van der Waals surface area contributed by atoms with E-state index < -0.39 is 84.7 Å². The average Bonchev–Trinajstić information content (AvgIpc) is 2.78. The van der Waals surface area contributed by atoms with Crippen LogP contribution in [0.3, 0.4) is 0 Å². The smallest absolute Gasteiger partial charge is 0.326 e. The molecule has 0 saturated carbocycles. The number of nitrogens with one attached hydrogen (secondary N) is 4. The van der Waals surface area contributed by atoms with Crippen LogP contribution >= 0.6 is 0 Å². The molecule has 0 fully saturated rings. The van der Waals surface area contributed by atoms with E-state index in [1.54, 1.807) is 13.8 Å². The molecule has 206 valence electrons. The van der Waals surface area contributed by atoms with Crippen LogP contribution in [0.25, 0.3) is 0 Å². The molecule has 0 spiro atoms. The van der Waals surface area contributed by atoms with E-state index in [1.165, 1.54) is 6.92 Å². The van der Waals surface area contributed by atoms with Crippen LogP contribution in [0.2, 0.25) is 0 Å². The standard InChI is InChI=1S/C21H38N6O9/c1-10(2)16(26-18(32)13(8-15(30)31)24-14(29)9-23)19(33)27-17(11(3)28)20(34)25-12(21(35)36)6-4-5-7-22/h10-13,16-17,28H,4-9,22-23H2,1-3H3,(H,24,29)(H,25,34)(H,26,32)(H,27,33)(H,30,31)(H,35,36)/t11-,12+,13+,16+,17+/m1/s1. The molecule has 0 heterocycles. The Kier molecular flexibility index (Phi) is 14.9. The lowest BCUT2D eigenvalue weighted by Gasteiger charge is -2.28. The zero-order chi connectivity index (χ0) is 28.0. The van der Waals surface area contributed by atoms with E-state index in [-0.39, 0.29) is 6.42 Å². The number of carbonyl (C=O) groups excluding carboxylic acids is 4. The van der Waals surface area contributed by atoms with Gasteiger partial charge in [-0.15, -0.1) is 0 Å². The van der Waals surface area contributed by atoms with Crippen molar-refractivity contribution in [2.24, 2.45) is 17.4 Å². The van der Waals surface area contributed by atoms with Crippen molar-refractivity contribution in [3.63, 3.8) is 0 Å². The molecule has 0 aromatic rings. The summed E-state index contributed by atoms with van der Waals surface area (Å²) in [5, 5.41) is 37.5. The first-order chi connectivity index (χ1) is 16.7. The van der Waals surface area contributed by atoms with Crippen molar-refractivity contribution in [1.29, 1.82) is 0 Å². The van der Waals surface area contributed by atoms with E-state index in [0.717, 1.165) is 0 Å². The van der Waals surface area contributed by atoms with E-state index in [0.29, 0.717) is 19.4 Å². The highest BCUT2D eigenvalue weighted by Gasteiger charge is 2.34. The Morgan fingerprint density at radius 2 is 1.31 bits per heavy atom. The fourth-order valence-electron chi connectivity index (χ4n) is 3.09. The summed E-state index contributed by atoms with van der Waals surface area (Å²) in [6.45, 7) is 4.18. The summed E-state index contributed by atoms with van der Waals surface area (Å²) in [7, 11) is 0. The number of nitrogens with two attached hydrogens (primary N) is 2. The van der Waals surface area contributed by atoms with Crippen LogP contribution in [0.1, 0.15) is 46.5 Å². The fourth-order valence-corrected chi connectivity index (χ4v) is 3.09. The second-order valence-corrected chi connectivity index (χ2v) is 8.56. The molecule has 5 atom stereocenters. The van der Waals surface area contributed by atoms with E-state index in [9.17, 15) is 39.0 Å². The largest absolute Gasteiger partial charge is 0.481 e. The summed E-state index contributed by atoms with van der Waals surface area (Å²) in [6.07, 6.45) is -1.15. The molecule has 0 bridgehead atoms. The topological polar surface area (TPSA) is 263 Å². The minimum atomic E-state index is -1.56. The van der Waals surface area contributed by atoms with E-state index in [4.69, 9.17) is 16.6 Å². The maximum Gasteiger partial charge on any atom is 0.326 e. The highest BCUT2D eigenvalue weighted by Crippen LogP contribution is 2.07. The van der Waals surface area contributed by atoms with E-state index >= 15 is 0 Å². The predicted molar refractivity (Wildman–Crippen MR) is 126 cm³/mol. The van der Waals surface area contributed by atoms with Gasteiger partial charge >= 0.3 is 11.9 Å². The number of aliphatic hydroxyl groups excluding tert-OH is 1. The number of aliphatic carboxylic acids is 2. The Bertz CT molecular complexity index is 790. The zero-order valence-electron chi connectivity index (χ0n) is 20.7. The molecule has 0 aromatic carbocycles. The Balaban J connectivity index is 5.54. The molecule has 0 aliphatic carbocycles. The molecule has 0 aliphatic heterocycles. The van der Waals surface area contributed by atoms with Gasteiger partial charge in [0.25, 0.3) is 0 Å². The summed E-state index contributed by atoms with van der Waals surface area (Å²) in [4.78, 5) is 72.4. The van der Waals surface area contributed by atoms with Gasteiger partial charge in [0.05, 0.1) is 19.1 Å². The number of carboxylic acids is 2. The number of hydrogen-bond acceptors (Lipinski definition) is 9. The van der Waals surface area contributed by atoms with Gasteiger partial charge in [0.2, 0.25) is 23.6 Å². The minimum Gasteiger partial charge on any atom is -0.481 e. The molecule has 11 N–H and O–H groups in total. The molecule has 15 nitrogen and oxygen atoms in total. The molecule has 0 unspecified atom stereocenters. The summed E-state index contributed by atoms with van der Waals surface area (Å²) >= 11 is 0. The molecule has 0 aromatic heterocycles. The second-order valence-electron chi connectivity index (χ2n) is 8.56. The SMILES string of the molecule is CC(C)[C@H](NC(=O)[C@H](CC(=O)O)NC(=O)CN)C(=O)N[C@H](C(=O)N[C@@H](CCCCN)C(=O)O)[C@@H](C)O. The summed E-state index contributed by atoms with van der Waals surface area (Å²) < 4.78 is 0. The van der Waals surface area contributed by atoms with Crippen LogP contribution in [0.15, 0.2) is 0 Å². The summed E-state index contributed by atoms with van der Waals surface area (Å²) in [5.41, 5.74) is 10.6. The molecular weight excluding hydrogens is 480 g/mol. The van der Waals surface area contributed by atoms with Gasteiger partial charge in [-0.1, -0.05) is 13.8 Å². The van der Waals surface area contributed by atoms with Crippen molar-refractivity contribution in [3.8, 4) is 0 Å². The van der Waals surface area contributed by atoms with Crippen molar-refractivity contribution in [2.45, 2.75) is 76.7 Å². The lowest BCUT2D eigenvalue weighted by molar-refractivity contribution is -0.143. The van der Waals surface area contributed by atoms with Crippen LogP contribution in [-0.4, -0.2) is 94.2 Å². The lowest BCUT2D eigenvalue weighted by atomic mass is 10.0. The first kappa shape index (κ1) is 32.7. The third kappa shape index (κ3) is 11.9. The van der Waals surface area contributed by atoms with Crippen molar-refractivity contribution >= 4 is 35.6 Å². The van der Waals surface area contributed by atoms with Crippen LogP contribution < -0.4 is 32.7 Å². The monoisotopic (exact) mass is 518 g/mol. The number of amides is 4. The third-order valence-electron chi connectivity index (χ3n) is 5.09. The van der Waals surface area contributed by atoms with Crippen molar-refractivity contribution in [1.82, 2.24) is 21.3 Å². The molecule has 0 aliphatic rings.